The molecule has 4 N–H and O–H groups in total. The van der Waals surface area contributed by atoms with Gasteiger partial charge in [-0.05, 0) is 0 Å². The van der Waals surface area contributed by atoms with E-state index < -0.39 is 10.2 Å². The molecule has 0 aliphatic rings. The molecule has 0 aliphatic heterocycles. The van der Waals surface area contributed by atoms with Gasteiger partial charge in [-0.25, -0.2) is 18.6 Å². The van der Waals surface area contributed by atoms with Gasteiger partial charge in [0, 0.05) is 0 Å². The molecule has 1 aromatic carbocycles. The van der Waals surface area contributed by atoms with Crippen LogP contribution in [0.2, 0.25) is 0 Å². The van der Waals surface area contributed by atoms with Crippen LogP contribution in [0.4, 0.5) is 11.4 Å². The number of hydrogen-bond acceptors (Lipinski definition) is 6. The van der Waals surface area contributed by atoms with Crippen LogP contribution in [0.25, 0.3) is 0 Å². The zero-order valence-electron chi connectivity index (χ0n) is 5.67. The Hall–Kier alpha value is -0.0626. The number of anilines is 2. The van der Waals surface area contributed by atoms with Gasteiger partial charge in [0.2, 0.25) is 0 Å². The third-order valence-corrected chi connectivity index (χ3v) is 1.04. The SMILES string of the molecule is [Li][c+]1c(N)c1N.[O-][Cl+3]([O-])([O-])[O-]. The van der Waals surface area contributed by atoms with E-state index in [0.717, 1.165) is 15.6 Å². The Bertz CT molecular complexity index is 167. The van der Waals surface area contributed by atoms with E-state index in [0.29, 0.717) is 0 Å². The molecular weight excluding hydrogens is 170 g/mol. The minimum atomic E-state index is -4.94. The summed E-state index contributed by atoms with van der Waals surface area (Å²) in [6.45, 7) is 0. The summed E-state index contributed by atoms with van der Waals surface area (Å²) >= 11 is 1.91. The molecule has 0 aliphatic carbocycles. The predicted octanol–water partition coefficient (Wildman–Crippen LogP) is -5.95. The van der Waals surface area contributed by atoms with E-state index in [1.165, 1.54) is 0 Å². The van der Waals surface area contributed by atoms with Crippen LogP contribution in [-0.2, 0) is 0 Å². The Morgan fingerprint density at radius 2 is 1.18 bits per heavy atom. The fourth-order valence-corrected chi connectivity index (χ4v) is 0.321. The molecule has 0 saturated heterocycles. The number of nitrogen functional groups attached to an aromatic ring is 2. The molecule has 0 aromatic heterocycles. The molecule has 0 bridgehead atoms. The molecule has 11 heavy (non-hydrogen) atoms. The second kappa shape index (κ2) is 3.56. The first-order valence-corrected chi connectivity index (χ1v) is 3.68. The fourth-order valence-electron chi connectivity index (χ4n) is 0.321. The Morgan fingerprint density at radius 3 is 1.18 bits per heavy atom. The summed E-state index contributed by atoms with van der Waals surface area (Å²) in [6.07, 6.45) is 0. The van der Waals surface area contributed by atoms with Gasteiger partial charge in [-0.15, -0.1) is 10.2 Å². The molecule has 0 amide bonds. The Labute approximate surface area is 74.0 Å². The van der Waals surface area contributed by atoms with E-state index in [2.05, 4.69) is 0 Å². The van der Waals surface area contributed by atoms with Gasteiger partial charge in [0.1, 0.15) is 0 Å². The smallest absolute Gasteiger partial charge is 0.112 e. The van der Waals surface area contributed by atoms with Crippen molar-refractivity contribution < 1.29 is 28.9 Å². The Balaban J connectivity index is 0.000000187. The molecule has 1 rings (SSSR count). The van der Waals surface area contributed by atoms with Crippen LogP contribution in [0.3, 0.4) is 0 Å². The van der Waals surface area contributed by atoms with Crippen molar-refractivity contribution in [2.24, 2.45) is 0 Å². The van der Waals surface area contributed by atoms with Gasteiger partial charge in [0.15, 0.2) is 0 Å². The quantitative estimate of drug-likeness (QED) is 0.296. The van der Waals surface area contributed by atoms with Gasteiger partial charge in [0.25, 0.3) is 0 Å². The van der Waals surface area contributed by atoms with Crippen molar-refractivity contribution in [1.29, 1.82) is 0 Å². The van der Waals surface area contributed by atoms with E-state index in [9.17, 15) is 0 Å². The largest absolute Gasteiger partial charge is 0.222 e. The number of rotatable bonds is 0. The van der Waals surface area contributed by atoms with Gasteiger partial charge < -0.3 is 0 Å². The Kier molecular flexibility index (Phi) is 3.54. The van der Waals surface area contributed by atoms with Crippen molar-refractivity contribution in [2.45, 2.75) is 0 Å². The van der Waals surface area contributed by atoms with Crippen molar-refractivity contribution in [2.75, 3.05) is 11.5 Å². The standard InChI is InChI=1S/C3H4N2.ClHO4.Li/c4-2-1-3(2)5;2-1(3,4)5;/h4-5H2;(H,2,3,4,5);/q+1;;/p-1. The number of halogens is 1. The first kappa shape index (κ1) is 10.9. The minimum Gasteiger partial charge on any atom is -0.222 e. The summed E-state index contributed by atoms with van der Waals surface area (Å²) in [6, 6.07) is 0. The zero-order chi connectivity index (χ0) is 9.23. The maximum atomic E-state index is 8.49. The van der Waals surface area contributed by atoms with Crippen LogP contribution in [0.1, 0.15) is 0 Å². The molecule has 0 atom stereocenters. The monoisotopic (exact) mass is 174 g/mol. The van der Waals surface area contributed by atoms with Crippen LogP contribution < -0.4 is 34.3 Å². The molecule has 0 fully saturated rings. The van der Waals surface area contributed by atoms with Crippen molar-refractivity contribution >= 4 is 33.3 Å². The molecule has 0 spiro atoms. The summed E-state index contributed by atoms with van der Waals surface area (Å²) in [5.41, 5.74) is 12.0. The summed E-state index contributed by atoms with van der Waals surface area (Å²) in [5, 5.41) is 0. The molecule has 58 valence electrons. The summed E-state index contributed by atoms with van der Waals surface area (Å²) < 4.78 is 35.0. The van der Waals surface area contributed by atoms with Crippen LogP contribution in [0.5, 0.6) is 0 Å². The molecule has 0 heterocycles. The van der Waals surface area contributed by atoms with E-state index in [4.69, 9.17) is 30.1 Å². The maximum absolute atomic E-state index is 8.49. The van der Waals surface area contributed by atoms with Crippen LogP contribution >= 0.6 is 0 Å². The van der Waals surface area contributed by atoms with Crippen molar-refractivity contribution in [1.82, 2.24) is 0 Å². The average Bonchev–Trinajstić information content (AvgIpc) is 2.19. The first-order valence-electron chi connectivity index (χ1n) is 2.44. The molecule has 0 radical (unpaired) electrons. The molecular formula is C3H4ClLiN2O4. The number of hydrogen-bond donors (Lipinski definition) is 2. The molecule has 8 heteroatoms. The zero-order valence-corrected chi connectivity index (χ0v) is 6.42. The molecule has 1 aromatic rings. The Morgan fingerprint density at radius 1 is 1.09 bits per heavy atom. The third-order valence-electron chi connectivity index (χ3n) is 1.04. The summed E-state index contributed by atoms with van der Waals surface area (Å²) in [7, 11) is -4.94. The average molecular weight is 174 g/mol. The maximum Gasteiger partial charge on any atom is -0.112 e. The van der Waals surface area contributed by atoms with Crippen LogP contribution in [0.15, 0.2) is 0 Å². The van der Waals surface area contributed by atoms with Gasteiger partial charge in [-0.2, -0.15) is 0 Å². The summed E-state index contributed by atoms with van der Waals surface area (Å²) in [4.78, 5) is 0. The van der Waals surface area contributed by atoms with Gasteiger partial charge in [0.05, 0.1) is 0 Å². The molecule has 0 unspecified atom stereocenters. The normalized spacial score (nSPS) is 11.1. The van der Waals surface area contributed by atoms with E-state index >= 15 is 0 Å². The van der Waals surface area contributed by atoms with Crippen molar-refractivity contribution in [3.63, 3.8) is 0 Å². The van der Waals surface area contributed by atoms with Crippen LogP contribution in [-0.4, -0.2) is 17.7 Å². The van der Waals surface area contributed by atoms with E-state index in [-0.39, 0.29) is 0 Å². The van der Waals surface area contributed by atoms with Gasteiger partial charge in [-0.3, -0.25) is 0 Å². The van der Waals surface area contributed by atoms with Crippen LogP contribution in [0, 0.1) is 10.2 Å². The fraction of sp³-hybridized carbons (Fsp3) is 0. The number of nitrogens with two attached hydrogens (primary N) is 2. The molecule has 0 saturated carbocycles. The van der Waals surface area contributed by atoms with Gasteiger partial charge in [-0.1, -0.05) is 0 Å². The van der Waals surface area contributed by atoms with Crippen molar-refractivity contribution in [3.05, 3.63) is 0 Å². The second-order valence-corrected chi connectivity index (χ2v) is 2.59. The van der Waals surface area contributed by atoms with E-state index in [1.54, 1.807) is 0 Å². The second-order valence-electron chi connectivity index (χ2n) is 1.83. The van der Waals surface area contributed by atoms with E-state index in [1.807, 2.05) is 17.7 Å². The molecule has 6 nitrogen and oxygen atoms in total. The topological polar surface area (TPSA) is 144 Å². The summed E-state index contributed by atoms with van der Waals surface area (Å²) in [5.74, 6) is 0. The van der Waals surface area contributed by atoms with Gasteiger partial charge >= 0.3 is 44.8 Å². The first-order chi connectivity index (χ1) is 4.73. The van der Waals surface area contributed by atoms with Crippen molar-refractivity contribution in [3.8, 4) is 0 Å². The predicted molar refractivity (Wildman–Crippen MR) is 27.4 cm³/mol. The minimum absolute atomic E-state index is 0.787. The third kappa shape index (κ3) is 6.34.